The van der Waals surface area contributed by atoms with E-state index in [-0.39, 0.29) is 25.8 Å². The highest BCUT2D eigenvalue weighted by Gasteiger charge is 2.26. The summed E-state index contributed by atoms with van der Waals surface area (Å²) >= 11 is 0. The van der Waals surface area contributed by atoms with Gasteiger partial charge in [0.25, 0.3) is 0 Å². The molecule has 0 amide bonds. The van der Waals surface area contributed by atoms with Crippen molar-refractivity contribution in [2.24, 2.45) is 0 Å². The summed E-state index contributed by atoms with van der Waals surface area (Å²) in [5.41, 5.74) is 0. The van der Waals surface area contributed by atoms with Crippen molar-refractivity contribution in [2.45, 2.75) is 225 Å². The molecule has 0 saturated carbocycles. The van der Waals surface area contributed by atoms with E-state index in [0.717, 1.165) is 77.0 Å². The number of carbonyl (C=O) groups is 1. The van der Waals surface area contributed by atoms with Crippen molar-refractivity contribution < 1.29 is 37.3 Å². The maximum Gasteiger partial charge on any atom is 0.472 e. The van der Waals surface area contributed by atoms with Crippen molar-refractivity contribution in [1.29, 1.82) is 0 Å². The Morgan fingerprint density at radius 3 is 1.38 bits per heavy atom. The first-order chi connectivity index (χ1) is 30.6. The lowest BCUT2D eigenvalue weighted by Gasteiger charge is -2.24. The van der Waals surface area contributed by atoms with Gasteiger partial charge in [0.05, 0.1) is 34.4 Å². The minimum absolute atomic E-state index is 0.0843. The predicted octanol–water partition coefficient (Wildman–Crippen LogP) is 16.1. The molecule has 0 aliphatic heterocycles. The lowest BCUT2D eigenvalue weighted by molar-refractivity contribution is -0.870. The SMILES string of the molecule is CC/C=C\C/C=C\C/C=C\C/C=C\C/C=C\CCCCCCCCOCC(COP(=O)(O)OCC[N+](C)(C)C)OC(=O)CCCCCCCCCCCCCCCCCCCCC. The van der Waals surface area contributed by atoms with Gasteiger partial charge < -0.3 is 18.9 Å². The number of unbranched alkanes of at least 4 members (excludes halogenated alkanes) is 24. The van der Waals surface area contributed by atoms with Gasteiger partial charge in [-0.15, -0.1) is 0 Å². The standard InChI is InChI=1S/C54H100NO7P/c1-6-8-10-12-14-16-18-20-22-24-26-27-28-30-32-34-36-38-40-42-44-46-49-59-51-53(52-61-63(57,58)60-50-48-55(3,4)5)62-54(56)47-45-43-41-39-37-35-33-31-29-25-23-21-19-17-15-13-11-9-7-2/h8,10,14,16,20,22,26-27,30,32,53H,6-7,9,11-13,15,17-19,21,23-25,28-29,31,33-52H2,1-5H3/p+1/b10-8-,16-14-,22-20-,27-26-,32-30-. The number of hydrogen-bond donors (Lipinski definition) is 1. The Balaban J connectivity index is 4.17. The molecule has 0 radical (unpaired) electrons. The van der Waals surface area contributed by atoms with Crippen molar-refractivity contribution >= 4 is 13.8 Å². The average molecular weight is 907 g/mol. The summed E-state index contributed by atoms with van der Waals surface area (Å²) in [6, 6.07) is 0. The van der Waals surface area contributed by atoms with Gasteiger partial charge in [-0.3, -0.25) is 13.8 Å². The molecular formula is C54H101NO7P+. The molecule has 0 spiro atoms. The van der Waals surface area contributed by atoms with E-state index < -0.39 is 13.9 Å². The highest BCUT2D eigenvalue weighted by molar-refractivity contribution is 7.47. The van der Waals surface area contributed by atoms with Gasteiger partial charge in [-0.05, 0) is 57.8 Å². The highest BCUT2D eigenvalue weighted by Crippen LogP contribution is 2.43. The molecule has 63 heavy (non-hydrogen) atoms. The quantitative estimate of drug-likeness (QED) is 0.0214. The number of phosphoric acid groups is 1. The molecule has 0 aromatic heterocycles. The molecule has 0 aromatic carbocycles. The molecule has 0 fully saturated rings. The molecule has 0 aromatic rings. The summed E-state index contributed by atoms with van der Waals surface area (Å²) in [5.74, 6) is -0.317. The summed E-state index contributed by atoms with van der Waals surface area (Å²) < 4.78 is 35.2. The fourth-order valence-electron chi connectivity index (χ4n) is 7.11. The van der Waals surface area contributed by atoms with Crippen LogP contribution in [0.15, 0.2) is 60.8 Å². The van der Waals surface area contributed by atoms with Crippen LogP contribution < -0.4 is 0 Å². The lowest BCUT2D eigenvalue weighted by Crippen LogP contribution is -2.37. The van der Waals surface area contributed by atoms with Crippen LogP contribution in [0.5, 0.6) is 0 Å². The topological polar surface area (TPSA) is 91.3 Å². The number of rotatable bonds is 48. The number of esters is 1. The Labute approximate surface area is 390 Å². The predicted molar refractivity (Wildman–Crippen MR) is 270 cm³/mol. The second kappa shape index (κ2) is 46.7. The number of carbonyl (C=O) groups excluding carboxylic acids is 1. The van der Waals surface area contributed by atoms with Crippen molar-refractivity contribution in [3.8, 4) is 0 Å². The van der Waals surface area contributed by atoms with Gasteiger partial charge in [0.2, 0.25) is 0 Å². The molecule has 0 aliphatic carbocycles. The molecule has 0 saturated heterocycles. The van der Waals surface area contributed by atoms with Crippen molar-refractivity contribution in [2.75, 3.05) is 54.1 Å². The summed E-state index contributed by atoms with van der Waals surface area (Å²) in [6.45, 7) is 5.50. The van der Waals surface area contributed by atoms with Crippen LogP contribution in [-0.2, 0) is 27.9 Å². The zero-order chi connectivity index (χ0) is 46.2. The number of phosphoric ester groups is 1. The molecule has 2 atom stereocenters. The molecule has 8 nitrogen and oxygen atoms in total. The minimum Gasteiger partial charge on any atom is -0.457 e. The summed E-state index contributed by atoms with van der Waals surface area (Å²) in [7, 11) is 1.66. The molecular weight excluding hydrogens is 806 g/mol. The van der Waals surface area contributed by atoms with E-state index in [1.807, 2.05) is 21.1 Å². The normalized spacial score (nSPS) is 14.1. The number of hydrogen-bond acceptors (Lipinski definition) is 6. The Kier molecular flexibility index (Phi) is 45.4. The fourth-order valence-corrected chi connectivity index (χ4v) is 7.85. The number of likely N-dealkylation sites (N-methyl/N-ethyl adjacent to an activating group) is 1. The maximum absolute atomic E-state index is 12.8. The second-order valence-electron chi connectivity index (χ2n) is 18.5. The first-order valence-electron chi connectivity index (χ1n) is 26.0. The Hall–Kier alpha value is -1.80. The zero-order valence-electron chi connectivity index (χ0n) is 41.8. The maximum atomic E-state index is 12.8. The Bertz CT molecular complexity index is 1190. The lowest BCUT2D eigenvalue weighted by atomic mass is 10.0. The van der Waals surface area contributed by atoms with Crippen LogP contribution in [0.2, 0.25) is 0 Å². The number of quaternary nitrogens is 1. The minimum atomic E-state index is -4.29. The third-order valence-electron chi connectivity index (χ3n) is 11.1. The summed E-state index contributed by atoms with van der Waals surface area (Å²) in [4.78, 5) is 23.0. The van der Waals surface area contributed by atoms with E-state index in [9.17, 15) is 14.3 Å². The van der Waals surface area contributed by atoms with Gasteiger partial charge in [0, 0.05) is 13.0 Å². The Morgan fingerprint density at radius 1 is 0.508 bits per heavy atom. The molecule has 0 aliphatic rings. The highest BCUT2D eigenvalue weighted by atomic mass is 31.2. The average Bonchev–Trinajstić information content (AvgIpc) is 3.24. The zero-order valence-corrected chi connectivity index (χ0v) is 42.7. The van der Waals surface area contributed by atoms with Crippen LogP contribution in [0.1, 0.15) is 219 Å². The van der Waals surface area contributed by atoms with Crippen LogP contribution in [0, 0.1) is 0 Å². The van der Waals surface area contributed by atoms with Gasteiger partial charge in [-0.25, -0.2) is 4.57 Å². The van der Waals surface area contributed by atoms with Crippen LogP contribution in [-0.4, -0.2) is 75.6 Å². The van der Waals surface area contributed by atoms with Gasteiger partial charge in [0.1, 0.15) is 19.3 Å². The van der Waals surface area contributed by atoms with Gasteiger partial charge in [0.15, 0.2) is 0 Å². The second-order valence-corrected chi connectivity index (χ2v) is 20.0. The van der Waals surface area contributed by atoms with E-state index in [2.05, 4.69) is 74.6 Å². The summed E-state index contributed by atoms with van der Waals surface area (Å²) in [6.07, 6.45) is 59.8. The number of ether oxygens (including phenoxy) is 2. The molecule has 0 heterocycles. The van der Waals surface area contributed by atoms with Crippen LogP contribution in [0.25, 0.3) is 0 Å². The molecule has 1 N–H and O–H groups in total. The first-order valence-corrected chi connectivity index (χ1v) is 27.5. The molecule has 0 bridgehead atoms. The largest absolute Gasteiger partial charge is 0.472 e. The van der Waals surface area contributed by atoms with Gasteiger partial charge in [-0.2, -0.15) is 0 Å². The monoisotopic (exact) mass is 907 g/mol. The van der Waals surface area contributed by atoms with E-state index in [4.69, 9.17) is 18.5 Å². The van der Waals surface area contributed by atoms with Gasteiger partial charge in [-0.1, -0.05) is 216 Å². The first kappa shape index (κ1) is 61.2. The number of allylic oxidation sites excluding steroid dienone is 10. The summed E-state index contributed by atoms with van der Waals surface area (Å²) in [5, 5.41) is 0. The molecule has 368 valence electrons. The third-order valence-corrected chi connectivity index (χ3v) is 12.1. The van der Waals surface area contributed by atoms with Crippen LogP contribution in [0.4, 0.5) is 0 Å². The molecule has 9 heteroatoms. The smallest absolute Gasteiger partial charge is 0.457 e. The van der Waals surface area contributed by atoms with Gasteiger partial charge >= 0.3 is 13.8 Å². The molecule has 0 rings (SSSR count). The van der Waals surface area contributed by atoms with Crippen LogP contribution in [0.3, 0.4) is 0 Å². The fraction of sp³-hybridized carbons (Fsp3) is 0.796. The van der Waals surface area contributed by atoms with E-state index in [1.54, 1.807) is 0 Å². The van der Waals surface area contributed by atoms with Crippen molar-refractivity contribution in [3.63, 3.8) is 0 Å². The van der Waals surface area contributed by atoms with Crippen molar-refractivity contribution in [3.05, 3.63) is 60.8 Å². The Morgan fingerprint density at radius 2 is 0.921 bits per heavy atom. The van der Waals surface area contributed by atoms with E-state index in [1.165, 1.54) is 122 Å². The molecule has 2 unspecified atom stereocenters. The number of nitrogens with zero attached hydrogens (tertiary/aromatic N) is 1. The van der Waals surface area contributed by atoms with E-state index in [0.29, 0.717) is 24.1 Å². The van der Waals surface area contributed by atoms with E-state index >= 15 is 0 Å². The van der Waals surface area contributed by atoms with Crippen LogP contribution >= 0.6 is 7.82 Å². The van der Waals surface area contributed by atoms with Crippen molar-refractivity contribution in [1.82, 2.24) is 0 Å². The third kappa shape index (κ3) is 51.1.